The van der Waals surface area contributed by atoms with Crippen molar-refractivity contribution in [2.24, 2.45) is 5.73 Å². The van der Waals surface area contributed by atoms with Gasteiger partial charge in [0.1, 0.15) is 5.82 Å². The zero-order valence-corrected chi connectivity index (χ0v) is 17.5. The third kappa shape index (κ3) is 4.06. The molecule has 2 heterocycles. The average molecular weight is 411 g/mol. The van der Waals surface area contributed by atoms with Crippen molar-refractivity contribution < 1.29 is 8.42 Å². The van der Waals surface area contributed by atoms with Gasteiger partial charge in [-0.15, -0.1) is 0 Å². The topological polar surface area (TPSA) is 88.3 Å². The molecule has 1 aromatic heterocycles. The van der Waals surface area contributed by atoms with E-state index < -0.39 is 9.84 Å². The van der Waals surface area contributed by atoms with Gasteiger partial charge >= 0.3 is 0 Å². The van der Waals surface area contributed by atoms with Crippen LogP contribution in [0.1, 0.15) is 18.1 Å². The molecule has 0 fully saturated rings. The fourth-order valence-corrected chi connectivity index (χ4v) is 5.16. The SMILES string of the molecule is Cc1ccc2nc(N3CCS(=O)(=O)c4ccccc4C3)cc(NC[C@@H](C)N)c2c1. The number of aryl methyl sites for hydroxylation is 1. The lowest BCUT2D eigenvalue weighted by Gasteiger charge is -2.23. The van der Waals surface area contributed by atoms with E-state index in [4.69, 9.17) is 10.7 Å². The Morgan fingerprint density at radius 1 is 1.21 bits per heavy atom. The molecule has 0 saturated heterocycles. The van der Waals surface area contributed by atoms with E-state index in [1.54, 1.807) is 12.1 Å². The second-order valence-electron chi connectivity index (χ2n) is 7.75. The molecule has 3 aromatic rings. The van der Waals surface area contributed by atoms with Crippen LogP contribution in [-0.4, -0.2) is 38.3 Å². The maximum Gasteiger partial charge on any atom is 0.180 e. The third-order valence-corrected chi connectivity index (χ3v) is 6.98. The van der Waals surface area contributed by atoms with E-state index in [1.807, 2.05) is 42.2 Å². The van der Waals surface area contributed by atoms with Gasteiger partial charge in [0.15, 0.2) is 9.84 Å². The summed E-state index contributed by atoms with van der Waals surface area (Å²) >= 11 is 0. The van der Waals surface area contributed by atoms with Gasteiger partial charge in [-0.25, -0.2) is 13.4 Å². The van der Waals surface area contributed by atoms with Crippen molar-refractivity contribution >= 4 is 32.2 Å². The molecule has 7 heteroatoms. The van der Waals surface area contributed by atoms with Crippen LogP contribution in [0.2, 0.25) is 0 Å². The maximum absolute atomic E-state index is 12.7. The molecule has 0 unspecified atom stereocenters. The van der Waals surface area contributed by atoms with Crippen LogP contribution in [0.4, 0.5) is 11.5 Å². The van der Waals surface area contributed by atoms with E-state index in [9.17, 15) is 8.42 Å². The van der Waals surface area contributed by atoms with Gasteiger partial charge < -0.3 is 16.0 Å². The summed E-state index contributed by atoms with van der Waals surface area (Å²) in [5, 5.41) is 4.47. The summed E-state index contributed by atoms with van der Waals surface area (Å²) in [6.07, 6.45) is 0. The lowest BCUT2D eigenvalue weighted by Crippen LogP contribution is -2.27. The molecule has 1 atom stereocenters. The van der Waals surface area contributed by atoms with Crippen molar-refractivity contribution in [1.82, 2.24) is 4.98 Å². The zero-order chi connectivity index (χ0) is 20.6. The first-order valence-corrected chi connectivity index (χ1v) is 11.5. The van der Waals surface area contributed by atoms with Crippen LogP contribution in [0.25, 0.3) is 10.9 Å². The van der Waals surface area contributed by atoms with Gasteiger partial charge in [-0.2, -0.15) is 0 Å². The molecule has 1 aliphatic rings. The fraction of sp³-hybridized carbons (Fsp3) is 0.318. The minimum atomic E-state index is -3.30. The molecular formula is C22H26N4O2S. The van der Waals surface area contributed by atoms with Crippen LogP contribution in [-0.2, 0) is 16.4 Å². The number of hydrogen-bond donors (Lipinski definition) is 2. The highest BCUT2D eigenvalue weighted by Crippen LogP contribution is 2.31. The van der Waals surface area contributed by atoms with Crippen molar-refractivity contribution in [2.75, 3.05) is 29.1 Å². The quantitative estimate of drug-likeness (QED) is 0.687. The molecule has 1 aliphatic heterocycles. The number of aromatic nitrogens is 1. The average Bonchev–Trinajstić information content (AvgIpc) is 2.82. The Balaban J connectivity index is 1.78. The summed E-state index contributed by atoms with van der Waals surface area (Å²) in [6, 6.07) is 15.4. The van der Waals surface area contributed by atoms with Gasteiger partial charge in [-0.05, 0) is 37.6 Å². The normalized spacial score (nSPS) is 16.9. The van der Waals surface area contributed by atoms with Crippen molar-refractivity contribution in [3.05, 3.63) is 59.7 Å². The highest BCUT2D eigenvalue weighted by molar-refractivity contribution is 7.91. The monoisotopic (exact) mass is 410 g/mol. The van der Waals surface area contributed by atoms with E-state index in [1.165, 1.54) is 0 Å². The van der Waals surface area contributed by atoms with Gasteiger partial charge in [0, 0.05) is 42.8 Å². The minimum absolute atomic E-state index is 0.0154. The van der Waals surface area contributed by atoms with Crippen molar-refractivity contribution in [2.45, 2.75) is 31.3 Å². The molecule has 0 amide bonds. The lowest BCUT2D eigenvalue weighted by atomic mass is 10.1. The van der Waals surface area contributed by atoms with Crippen LogP contribution in [0.5, 0.6) is 0 Å². The third-order valence-electron chi connectivity index (χ3n) is 5.19. The van der Waals surface area contributed by atoms with Crippen LogP contribution in [0.3, 0.4) is 0 Å². The van der Waals surface area contributed by atoms with Crippen LogP contribution >= 0.6 is 0 Å². The van der Waals surface area contributed by atoms with Gasteiger partial charge in [0.25, 0.3) is 0 Å². The first kappa shape index (κ1) is 19.7. The summed E-state index contributed by atoms with van der Waals surface area (Å²) in [5.74, 6) is 0.834. The predicted octanol–water partition coefficient (Wildman–Crippen LogP) is 3.10. The number of benzene rings is 2. The molecule has 3 N–H and O–H groups in total. The number of hydrogen-bond acceptors (Lipinski definition) is 6. The lowest BCUT2D eigenvalue weighted by molar-refractivity contribution is 0.596. The summed E-state index contributed by atoms with van der Waals surface area (Å²) in [5.41, 5.74) is 9.75. The smallest absolute Gasteiger partial charge is 0.180 e. The summed E-state index contributed by atoms with van der Waals surface area (Å²) in [6.45, 7) is 5.56. The Bertz CT molecular complexity index is 1160. The van der Waals surface area contributed by atoms with Crippen molar-refractivity contribution in [3.8, 4) is 0 Å². The number of pyridine rings is 1. The van der Waals surface area contributed by atoms with Crippen LogP contribution in [0, 0.1) is 6.92 Å². The van der Waals surface area contributed by atoms with Crippen molar-refractivity contribution in [3.63, 3.8) is 0 Å². The first-order valence-electron chi connectivity index (χ1n) is 9.80. The highest BCUT2D eigenvalue weighted by Gasteiger charge is 2.26. The van der Waals surface area contributed by atoms with E-state index in [0.717, 1.165) is 33.5 Å². The molecule has 6 nitrogen and oxygen atoms in total. The van der Waals surface area contributed by atoms with Gasteiger partial charge in [0.2, 0.25) is 0 Å². The fourth-order valence-electron chi connectivity index (χ4n) is 3.66. The molecule has 0 bridgehead atoms. The molecule has 2 aromatic carbocycles. The standard InChI is InChI=1S/C22H26N4O2S/c1-15-7-8-19-18(11-15)20(24-13-16(2)23)12-22(25-19)26-9-10-29(27,28)21-6-4-3-5-17(21)14-26/h3-8,11-12,16H,9-10,13-14,23H2,1-2H3,(H,24,25)/t16-/m1/s1. The number of nitrogens with one attached hydrogen (secondary N) is 1. The molecule has 0 saturated carbocycles. The number of fused-ring (bicyclic) bond motifs is 2. The Kier molecular flexibility index (Phi) is 5.19. The van der Waals surface area contributed by atoms with E-state index in [-0.39, 0.29) is 11.8 Å². The zero-order valence-electron chi connectivity index (χ0n) is 16.7. The molecule has 0 spiro atoms. The number of nitrogens with two attached hydrogens (primary N) is 1. The van der Waals surface area contributed by atoms with Gasteiger partial charge in [-0.3, -0.25) is 0 Å². The van der Waals surface area contributed by atoms with Crippen LogP contribution < -0.4 is 16.0 Å². The Hall–Kier alpha value is -2.64. The number of nitrogens with zero attached hydrogens (tertiary/aromatic N) is 2. The molecule has 29 heavy (non-hydrogen) atoms. The molecular weight excluding hydrogens is 384 g/mol. The van der Waals surface area contributed by atoms with Gasteiger partial charge in [0.05, 0.1) is 16.2 Å². The van der Waals surface area contributed by atoms with E-state index >= 15 is 0 Å². The second-order valence-corrected chi connectivity index (χ2v) is 9.83. The number of rotatable bonds is 4. The molecule has 4 rings (SSSR count). The highest BCUT2D eigenvalue weighted by atomic mass is 32.2. The van der Waals surface area contributed by atoms with Gasteiger partial charge in [-0.1, -0.05) is 29.8 Å². The molecule has 152 valence electrons. The predicted molar refractivity (Wildman–Crippen MR) is 118 cm³/mol. The summed E-state index contributed by atoms with van der Waals surface area (Å²) < 4.78 is 25.4. The largest absolute Gasteiger partial charge is 0.383 e. The summed E-state index contributed by atoms with van der Waals surface area (Å²) in [7, 11) is -3.30. The van der Waals surface area contributed by atoms with E-state index in [0.29, 0.717) is 24.5 Å². The molecule has 0 radical (unpaired) electrons. The first-order chi connectivity index (χ1) is 13.8. The maximum atomic E-state index is 12.7. The van der Waals surface area contributed by atoms with Crippen LogP contribution in [0.15, 0.2) is 53.4 Å². The van der Waals surface area contributed by atoms with E-state index in [2.05, 4.69) is 18.3 Å². The summed E-state index contributed by atoms with van der Waals surface area (Å²) in [4.78, 5) is 7.32. The van der Waals surface area contributed by atoms with Crippen molar-refractivity contribution in [1.29, 1.82) is 0 Å². The molecule has 0 aliphatic carbocycles. The Morgan fingerprint density at radius 2 is 2.00 bits per heavy atom. The number of anilines is 2. The number of sulfone groups is 1. The Morgan fingerprint density at radius 3 is 2.79 bits per heavy atom. The minimum Gasteiger partial charge on any atom is -0.383 e. The second kappa shape index (κ2) is 7.65. The Labute approximate surface area is 171 Å².